The van der Waals surface area contributed by atoms with E-state index in [4.69, 9.17) is 4.74 Å². The predicted molar refractivity (Wildman–Crippen MR) is 121 cm³/mol. The van der Waals surface area contributed by atoms with Crippen LogP contribution in [0.4, 0.5) is 0 Å². The number of methoxy groups -OCH3 is 1. The van der Waals surface area contributed by atoms with Crippen molar-refractivity contribution in [1.29, 1.82) is 0 Å². The number of aromatic nitrogens is 1. The van der Waals surface area contributed by atoms with Crippen LogP contribution in [0.15, 0.2) is 82.7 Å². The van der Waals surface area contributed by atoms with Gasteiger partial charge in [0.25, 0.3) is 5.56 Å². The number of ether oxygens (including phenoxy) is 1. The van der Waals surface area contributed by atoms with Gasteiger partial charge in [-0.25, -0.2) is 0 Å². The molecule has 0 aliphatic rings. The number of rotatable bonds is 7. The van der Waals surface area contributed by atoms with E-state index < -0.39 is 0 Å². The first kappa shape index (κ1) is 21.2. The number of pyridine rings is 1. The van der Waals surface area contributed by atoms with Crippen molar-refractivity contribution < 1.29 is 4.74 Å². The van der Waals surface area contributed by atoms with E-state index in [1.807, 2.05) is 31.3 Å². The van der Waals surface area contributed by atoms with Gasteiger partial charge in [-0.3, -0.25) is 9.79 Å². The molecule has 6 nitrogen and oxygen atoms in total. The number of hydrogen-bond acceptors (Lipinski definition) is 3. The summed E-state index contributed by atoms with van der Waals surface area (Å²) in [6.45, 7) is 1.92. The highest BCUT2D eigenvalue weighted by atomic mass is 16.5. The highest BCUT2D eigenvalue weighted by Gasteiger charge is 2.10. The van der Waals surface area contributed by atoms with E-state index >= 15 is 0 Å². The number of nitrogens with zero attached hydrogens (tertiary/aromatic N) is 3. The summed E-state index contributed by atoms with van der Waals surface area (Å²) >= 11 is 0. The SMILES string of the molecule is CN=C(NCc1ccc(Cn2ccccc2=O)cc1)N(C)Cc1ccccc1OC. The lowest BCUT2D eigenvalue weighted by molar-refractivity contribution is 0.396. The Labute approximate surface area is 177 Å². The molecule has 30 heavy (non-hydrogen) atoms. The molecule has 0 aliphatic heterocycles. The second kappa shape index (κ2) is 10.3. The van der Waals surface area contributed by atoms with Crippen LogP contribution in [0.2, 0.25) is 0 Å². The van der Waals surface area contributed by atoms with Crippen molar-refractivity contribution in [3.63, 3.8) is 0 Å². The molecule has 0 unspecified atom stereocenters. The van der Waals surface area contributed by atoms with Crippen LogP contribution in [0, 0.1) is 0 Å². The van der Waals surface area contributed by atoms with Gasteiger partial charge in [0.05, 0.1) is 13.7 Å². The predicted octanol–water partition coefficient (Wildman–Crippen LogP) is 3.11. The van der Waals surface area contributed by atoms with Crippen LogP contribution < -0.4 is 15.6 Å². The summed E-state index contributed by atoms with van der Waals surface area (Å²) < 4.78 is 7.14. The first-order chi connectivity index (χ1) is 14.6. The Kier molecular flexibility index (Phi) is 7.27. The largest absolute Gasteiger partial charge is 0.496 e. The zero-order valence-corrected chi connectivity index (χ0v) is 17.7. The van der Waals surface area contributed by atoms with Gasteiger partial charge < -0.3 is 19.5 Å². The number of hydrogen-bond donors (Lipinski definition) is 1. The van der Waals surface area contributed by atoms with Crippen molar-refractivity contribution in [2.45, 2.75) is 19.6 Å². The first-order valence-electron chi connectivity index (χ1n) is 9.87. The van der Waals surface area contributed by atoms with Gasteiger partial charge in [0.1, 0.15) is 5.75 Å². The molecule has 0 fully saturated rings. The van der Waals surface area contributed by atoms with Crippen molar-refractivity contribution in [3.05, 3.63) is 100.0 Å². The van der Waals surface area contributed by atoms with Crippen LogP contribution in [-0.2, 0) is 19.6 Å². The van der Waals surface area contributed by atoms with E-state index in [0.717, 1.165) is 28.4 Å². The Morgan fingerprint density at radius 1 is 1.03 bits per heavy atom. The smallest absolute Gasteiger partial charge is 0.250 e. The number of nitrogens with one attached hydrogen (secondary N) is 1. The fraction of sp³-hybridized carbons (Fsp3) is 0.250. The van der Waals surface area contributed by atoms with E-state index in [9.17, 15) is 4.79 Å². The van der Waals surface area contributed by atoms with Crippen molar-refractivity contribution in [2.24, 2.45) is 4.99 Å². The molecule has 3 rings (SSSR count). The van der Waals surface area contributed by atoms with Gasteiger partial charge in [-0.05, 0) is 23.3 Å². The lowest BCUT2D eigenvalue weighted by Gasteiger charge is -2.23. The Hall–Kier alpha value is -3.54. The van der Waals surface area contributed by atoms with Gasteiger partial charge >= 0.3 is 0 Å². The molecule has 1 heterocycles. The third kappa shape index (κ3) is 5.50. The minimum atomic E-state index is 0.00475. The summed E-state index contributed by atoms with van der Waals surface area (Å²) in [4.78, 5) is 18.3. The second-order valence-corrected chi connectivity index (χ2v) is 7.05. The van der Waals surface area contributed by atoms with Crippen molar-refractivity contribution in [3.8, 4) is 5.75 Å². The Morgan fingerprint density at radius 3 is 2.43 bits per heavy atom. The zero-order chi connectivity index (χ0) is 21.3. The molecule has 0 atom stereocenters. The summed E-state index contributed by atoms with van der Waals surface area (Å²) in [5.41, 5.74) is 3.34. The highest BCUT2D eigenvalue weighted by Crippen LogP contribution is 2.18. The number of aliphatic imine (C=N–C) groups is 1. The third-order valence-electron chi connectivity index (χ3n) is 4.90. The molecular weight excluding hydrogens is 376 g/mol. The molecule has 2 aromatic carbocycles. The maximum Gasteiger partial charge on any atom is 0.250 e. The van der Waals surface area contributed by atoms with Crippen LogP contribution >= 0.6 is 0 Å². The first-order valence-corrected chi connectivity index (χ1v) is 9.87. The quantitative estimate of drug-likeness (QED) is 0.486. The Morgan fingerprint density at radius 2 is 1.73 bits per heavy atom. The fourth-order valence-corrected chi connectivity index (χ4v) is 3.28. The average Bonchev–Trinajstić information content (AvgIpc) is 2.77. The van der Waals surface area contributed by atoms with E-state index in [2.05, 4.69) is 45.5 Å². The molecule has 0 bridgehead atoms. The minimum Gasteiger partial charge on any atom is -0.496 e. The van der Waals surface area contributed by atoms with Crippen molar-refractivity contribution in [1.82, 2.24) is 14.8 Å². The van der Waals surface area contributed by atoms with E-state index in [1.54, 1.807) is 37.1 Å². The van der Waals surface area contributed by atoms with Crippen LogP contribution in [0.3, 0.4) is 0 Å². The Bertz CT molecular complexity index is 1040. The topological polar surface area (TPSA) is 58.9 Å². The summed E-state index contributed by atoms with van der Waals surface area (Å²) in [6, 6.07) is 21.4. The molecule has 0 aliphatic carbocycles. The third-order valence-corrected chi connectivity index (χ3v) is 4.90. The maximum absolute atomic E-state index is 11.9. The lowest BCUT2D eigenvalue weighted by Crippen LogP contribution is -2.38. The van der Waals surface area contributed by atoms with E-state index in [-0.39, 0.29) is 5.56 Å². The summed E-state index contributed by atoms with van der Waals surface area (Å²) in [7, 11) is 5.47. The molecule has 3 aromatic rings. The summed E-state index contributed by atoms with van der Waals surface area (Å²) in [5, 5.41) is 3.40. The number of para-hydroxylation sites is 1. The maximum atomic E-state index is 11.9. The van der Waals surface area contributed by atoms with Crippen LogP contribution in [0.5, 0.6) is 5.75 Å². The normalized spacial score (nSPS) is 11.2. The Balaban J connectivity index is 1.58. The lowest BCUT2D eigenvalue weighted by atomic mass is 10.1. The van der Waals surface area contributed by atoms with Gasteiger partial charge in [-0.15, -0.1) is 0 Å². The van der Waals surface area contributed by atoms with Crippen LogP contribution in [-0.4, -0.2) is 36.6 Å². The van der Waals surface area contributed by atoms with Gasteiger partial charge in [0, 0.05) is 45.0 Å². The standard InChI is InChI=1S/C24H28N4O2/c1-25-24(27(2)18-21-8-4-5-9-22(21)30-3)26-16-19-11-13-20(14-12-19)17-28-15-7-6-10-23(28)29/h4-15H,16-18H2,1-3H3,(H,25,26). The van der Waals surface area contributed by atoms with Gasteiger partial charge in [0.2, 0.25) is 0 Å². The van der Waals surface area contributed by atoms with E-state index in [0.29, 0.717) is 19.6 Å². The van der Waals surface area contributed by atoms with Crippen LogP contribution in [0.1, 0.15) is 16.7 Å². The van der Waals surface area contributed by atoms with Crippen molar-refractivity contribution >= 4 is 5.96 Å². The van der Waals surface area contributed by atoms with Gasteiger partial charge in [-0.1, -0.05) is 48.5 Å². The molecular formula is C24H28N4O2. The second-order valence-electron chi connectivity index (χ2n) is 7.05. The molecule has 0 saturated carbocycles. The fourth-order valence-electron chi connectivity index (χ4n) is 3.28. The van der Waals surface area contributed by atoms with Gasteiger partial charge in [-0.2, -0.15) is 0 Å². The zero-order valence-electron chi connectivity index (χ0n) is 17.7. The summed E-state index contributed by atoms with van der Waals surface area (Å²) in [6.07, 6.45) is 1.80. The average molecular weight is 405 g/mol. The molecule has 156 valence electrons. The van der Waals surface area contributed by atoms with E-state index in [1.165, 1.54) is 0 Å². The molecule has 6 heteroatoms. The van der Waals surface area contributed by atoms with Gasteiger partial charge in [0.15, 0.2) is 5.96 Å². The summed E-state index contributed by atoms with van der Waals surface area (Å²) in [5.74, 6) is 1.67. The number of benzene rings is 2. The molecule has 0 amide bonds. The highest BCUT2D eigenvalue weighted by molar-refractivity contribution is 5.79. The molecule has 0 spiro atoms. The number of guanidine groups is 1. The monoisotopic (exact) mass is 404 g/mol. The van der Waals surface area contributed by atoms with Crippen LogP contribution in [0.25, 0.3) is 0 Å². The van der Waals surface area contributed by atoms with Crippen molar-refractivity contribution in [2.75, 3.05) is 21.2 Å². The minimum absolute atomic E-state index is 0.00475. The molecule has 1 N–H and O–H groups in total. The molecule has 0 radical (unpaired) electrons. The molecule has 0 saturated heterocycles. The molecule has 1 aromatic heterocycles.